The largest absolute Gasteiger partial charge is 0.337 e. The first-order chi connectivity index (χ1) is 9.47. The molecule has 5 heteroatoms. The average Bonchev–Trinajstić information content (AvgIpc) is 2.38. The molecule has 0 aromatic heterocycles. The maximum absolute atomic E-state index is 12.4. The van der Waals surface area contributed by atoms with E-state index >= 15 is 0 Å². The van der Waals surface area contributed by atoms with Gasteiger partial charge in [-0.2, -0.15) is 0 Å². The Bertz CT molecular complexity index is 646. The Kier molecular flexibility index (Phi) is 5.29. The van der Waals surface area contributed by atoms with Gasteiger partial charge in [-0.1, -0.05) is 44.0 Å². The second kappa shape index (κ2) is 6.78. The monoisotopic (exact) mass is 413 g/mol. The highest BCUT2D eigenvalue weighted by atomic mass is 79.9. The van der Waals surface area contributed by atoms with Crippen LogP contribution in [0.3, 0.4) is 0 Å². The highest BCUT2D eigenvalue weighted by Crippen LogP contribution is 2.22. The summed E-state index contributed by atoms with van der Waals surface area (Å²) in [5, 5.41) is 0. The third-order valence-corrected chi connectivity index (χ3v) is 4.20. The number of amides is 1. The second-order valence-corrected chi connectivity index (χ2v) is 6.77. The average molecular weight is 415 g/mol. The minimum Gasteiger partial charge on any atom is -0.337 e. The van der Waals surface area contributed by atoms with E-state index in [1.165, 1.54) is 0 Å². The Morgan fingerprint density at radius 2 is 1.85 bits per heavy atom. The molecular formula is C15H13Br2NOS. The molecule has 0 unspecified atom stereocenters. The fraction of sp³-hybridized carbons (Fsp3) is 0.133. The predicted molar refractivity (Wildman–Crippen MR) is 91.3 cm³/mol. The molecule has 2 rings (SSSR count). The van der Waals surface area contributed by atoms with Crippen LogP contribution >= 0.6 is 44.5 Å². The van der Waals surface area contributed by atoms with E-state index < -0.39 is 0 Å². The Hall–Kier alpha value is -0.780. The second-order valence-electron chi connectivity index (χ2n) is 4.45. The zero-order valence-electron chi connectivity index (χ0n) is 10.8. The van der Waals surface area contributed by atoms with Crippen LogP contribution in [0.1, 0.15) is 15.9 Å². The van der Waals surface area contributed by atoms with Crippen molar-refractivity contribution >= 4 is 50.4 Å². The molecule has 0 saturated carbocycles. The molecule has 2 aromatic rings. The summed E-state index contributed by atoms with van der Waals surface area (Å²) in [5.41, 5.74) is 1.68. The van der Waals surface area contributed by atoms with Crippen molar-refractivity contribution in [2.75, 3.05) is 7.05 Å². The zero-order valence-corrected chi connectivity index (χ0v) is 14.9. The van der Waals surface area contributed by atoms with Crippen LogP contribution in [-0.2, 0) is 6.54 Å². The molecule has 0 bridgehead atoms. The van der Waals surface area contributed by atoms with Gasteiger partial charge in [0.05, 0.1) is 5.56 Å². The molecule has 0 aliphatic heterocycles. The van der Waals surface area contributed by atoms with E-state index in [1.807, 2.05) is 36.4 Å². The molecule has 0 fully saturated rings. The minimum atomic E-state index is -0.0394. The number of carbonyl (C=O) groups excluding carboxylic acids is 1. The number of rotatable bonds is 3. The van der Waals surface area contributed by atoms with Crippen LogP contribution in [0.5, 0.6) is 0 Å². The molecule has 0 radical (unpaired) electrons. The first-order valence-electron chi connectivity index (χ1n) is 5.96. The number of halogens is 2. The Balaban J connectivity index is 2.16. The van der Waals surface area contributed by atoms with Crippen molar-refractivity contribution in [2.45, 2.75) is 11.4 Å². The molecule has 0 heterocycles. The molecule has 1 amide bonds. The van der Waals surface area contributed by atoms with Gasteiger partial charge in [0.2, 0.25) is 0 Å². The number of nitrogens with zero attached hydrogens (tertiary/aromatic N) is 1. The summed E-state index contributed by atoms with van der Waals surface area (Å²) < 4.78 is 1.92. The maximum Gasteiger partial charge on any atom is 0.255 e. The highest BCUT2D eigenvalue weighted by Gasteiger charge is 2.15. The van der Waals surface area contributed by atoms with E-state index in [0.717, 1.165) is 14.5 Å². The molecule has 0 aliphatic carbocycles. The van der Waals surface area contributed by atoms with E-state index in [4.69, 9.17) is 0 Å². The molecule has 0 atom stereocenters. The van der Waals surface area contributed by atoms with Crippen molar-refractivity contribution < 1.29 is 4.79 Å². The number of hydrogen-bond acceptors (Lipinski definition) is 2. The summed E-state index contributed by atoms with van der Waals surface area (Å²) in [4.78, 5) is 14.8. The summed E-state index contributed by atoms with van der Waals surface area (Å²) >= 11 is 11.2. The standard InChI is InChI=1S/C15H13Br2NOS/c1-18(9-10-3-2-4-11(16)7-10)15(19)13-6-5-12(17)8-14(13)20/h2-8,20H,9H2,1H3. The van der Waals surface area contributed by atoms with Gasteiger partial charge < -0.3 is 4.90 Å². The van der Waals surface area contributed by atoms with Gasteiger partial charge in [0.15, 0.2) is 0 Å². The molecular weight excluding hydrogens is 402 g/mol. The Morgan fingerprint density at radius 1 is 1.15 bits per heavy atom. The quantitative estimate of drug-likeness (QED) is 0.717. The lowest BCUT2D eigenvalue weighted by atomic mass is 10.1. The molecule has 104 valence electrons. The normalized spacial score (nSPS) is 10.4. The molecule has 20 heavy (non-hydrogen) atoms. The predicted octanol–water partition coefficient (Wildman–Crippen LogP) is 4.77. The Labute approximate surface area is 140 Å². The first-order valence-corrected chi connectivity index (χ1v) is 7.99. The zero-order chi connectivity index (χ0) is 14.7. The van der Waals surface area contributed by atoms with E-state index in [0.29, 0.717) is 17.0 Å². The van der Waals surface area contributed by atoms with Crippen molar-refractivity contribution in [3.63, 3.8) is 0 Å². The number of carbonyl (C=O) groups is 1. The fourth-order valence-corrected chi connectivity index (χ4v) is 3.17. The molecule has 0 spiro atoms. The van der Waals surface area contributed by atoms with E-state index in [9.17, 15) is 4.79 Å². The SMILES string of the molecule is CN(Cc1cccc(Br)c1)C(=O)c1ccc(Br)cc1S. The maximum atomic E-state index is 12.4. The van der Waals surface area contributed by atoms with Crippen LogP contribution in [0.4, 0.5) is 0 Å². The van der Waals surface area contributed by atoms with Crippen molar-refractivity contribution in [3.8, 4) is 0 Å². The van der Waals surface area contributed by atoms with Gasteiger partial charge in [-0.25, -0.2) is 0 Å². The molecule has 0 aliphatic rings. The first kappa shape index (κ1) is 15.6. The van der Waals surface area contributed by atoms with Crippen LogP contribution in [0.2, 0.25) is 0 Å². The van der Waals surface area contributed by atoms with Gasteiger partial charge >= 0.3 is 0 Å². The van der Waals surface area contributed by atoms with Crippen LogP contribution in [0.15, 0.2) is 56.3 Å². The minimum absolute atomic E-state index is 0.0394. The fourth-order valence-electron chi connectivity index (χ4n) is 1.87. The van der Waals surface area contributed by atoms with E-state index in [-0.39, 0.29) is 5.91 Å². The molecule has 2 nitrogen and oxygen atoms in total. The summed E-state index contributed by atoms with van der Waals surface area (Å²) in [7, 11) is 1.79. The number of benzene rings is 2. The van der Waals surface area contributed by atoms with Crippen molar-refractivity contribution in [2.24, 2.45) is 0 Å². The lowest BCUT2D eigenvalue weighted by Crippen LogP contribution is -2.26. The summed E-state index contributed by atoms with van der Waals surface area (Å²) in [5.74, 6) is -0.0394. The van der Waals surface area contributed by atoms with Crippen molar-refractivity contribution in [1.82, 2.24) is 4.90 Å². The van der Waals surface area contributed by atoms with E-state index in [1.54, 1.807) is 18.0 Å². The summed E-state index contributed by atoms with van der Waals surface area (Å²) in [6.07, 6.45) is 0. The van der Waals surface area contributed by atoms with Gasteiger partial charge in [-0.3, -0.25) is 4.79 Å². The van der Waals surface area contributed by atoms with Gasteiger partial charge in [0.25, 0.3) is 5.91 Å². The van der Waals surface area contributed by atoms with Crippen LogP contribution in [0.25, 0.3) is 0 Å². The molecule has 2 aromatic carbocycles. The van der Waals surface area contributed by atoms with Crippen LogP contribution in [0, 0.1) is 0 Å². The highest BCUT2D eigenvalue weighted by molar-refractivity contribution is 9.10. The smallest absolute Gasteiger partial charge is 0.255 e. The lowest BCUT2D eigenvalue weighted by molar-refractivity contribution is 0.0781. The lowest BCUT2D eigenvalue weighted by Gasteiger charge is -2.18. The van der Waals surface area contributed by atoms with Crippen LogP contribution < -0.4 is 0 Å². The topological polar surface area (TPSA) is 20.3 Å². The number of hydrogen-bond donors (Lipinski definition) is 1. The van der Waals surface area contributed by atoms with Gasteiger partial charge in [-0.05, 0) is 35.9 Å². The third kappa shape index (κ3) is 3.87. The summed E-state index contributed by atoms with van der Waals surface area (Å²) in [6.45, 7) is 0.557. The molecule has 0 N–H and O–H groups in total. The Morgan fingerprint density at radius 3 is 2.50 bits per heavy atom. The van der Waals surface area contributed by atoms with Crippen molar-refractivity contribution in [1.29, 1.82) is 0 Å². The van der Waals surface area contributed by atoms with Gasteiger partial charge in [0.1, 0.15) is 0 Å². The van der Waals surface area contributed by atoms with Gasteiger partial charge in [-0.15, -0.1) is 12.6 Å². The van der Waals surface area contributed by atoms with E-state index in [2.05, 4.69) is 44.5 Å². The van der Waals surface area contributed by atoms with Crippen molar-refractivity contribution in [3.05, 3.63) is 62.5 Å². The number of thiol groups is 1. The van der Waals surface area contributed by atoms with Crippen LogP contribution in [-0.4, -0.2) is 17.9 Å². The third-order valence-electron chi connectivity index (χ3n) is 2.85. The summed E-state index contributed by atoms with van der Waals surface area (Å²) in [6, 6.07) is 13.4. The molecule has 0 saturated heterocycles. The van der Waals surface area contributed by atoms with Gasteiger partial charge in [0, 0.05) is 27.4 Å².